The Labute approximate surface area is 56.3 Å². The maximum absolute atomic E-state index is 8.80. The molecule has 1 unspecified atom stereocenters. The Kier molecular flexibility index (Phi) is 2.49. The largest absolute Gasteiger partial charge is 0.395 e. The molecule has 0 heterocycles. The molecular formula is C7H15NO. The van der Waals surface area contributed by atoms with Crippen LogP contribution in [0.5, 0.6) is 0 Å². The Morgan fingerprint density at radius 2 is 2.33 bits per heavy atom. The van der Waals surface area contributed by atoms with Crippen molar-refractivity contribution in [3.63, 3.8) is 0 Å². The van der Waals surface area contributed by atoms with Crippen molar-refractivity contribution in [1.29, 1.82) is 0 Å². The Balaban J connectivity index is 2.19. The fourth-order valence-corrected chi connectivity index (χ4v) is 1.32. The smallest absolute Gasteiger partial charge is 0.0587 e. The average Bonchev–Trinajstić information content (AvgIpc) is 1.78. The Bertz CT molecular complexity index is 77.0. The quantitative estimate of drug-likeness (QED) is 0.577. The maximum atomic E-state index is 8.80. The first-order chi connectivity index (χ1) is 4.38. The molecule has 2 N–H and O–H groups in total. The third-order valence-electron chi connectivity index (χ3n) is 2.29. The first kappa shape index (κ1) is 7.03. The molecule has 0 aliphatic heterocycles. The van der Waals surface area contributed by atoms with Crippen molar-refractivity contribution >= 4 is 0 Å². The Morgan fingerprint density at radius 1 is 1.67 bits per heavy atom. The van der Waals surface area contributed by atoms with Crippen molar-refractivity contribution in [2.24, 2.45) is 5.92 Å². The lowest BCUT2D eigenvalue weighted by molar-refractivity contribution is 0.155. The Morgan fingerprint density at radius 3 is 2.44 bits per heavy atom. The number of aliphatic hydroxyl groups is 1. The average molecular weight is 129 g/mol. The van der Waals surface area contributed by atoms with Gasteiger partial charge in [-0.05, 0) is 25.8 Å². The van der Waals surface area contributed by atoms with Gasteiger partial charge in [0.2, 0.25) is 0 Å². The topological polar surface area (TPSA) is 32.3 Å². The Hall–Kier alpha value is -0.0800. The fourth-order valence-electron chi connectivity index (χ4n) is 1.32. The molecule has 9 heavy (non-hydrogen) atoms. The molecule has 1 fully saturated rings. The van der Waals surface area contributed by atoms with Crippen LogP contribution < -0.4 is 5.32 Å². The van der Waals surface area contributed by atoms with Gasteiger partial charge in [0.15, 0.2) is 0 Å². The zero-order valence-electron chi connectivity index (χ0n) is 5.93. The lowest BCUT2D eigenvalue weighted by Crippen LogP contribution is -2.40. The highest BCUT2D eigenvalue weighted by Gasteiger charge is 2.24. The van der Waals surface area contributed by atoms with E-state index in [4.69, 9.17) is 5.11 Å². The van der Waals surface area contributed by atoms with Gasteiger partial charge in [-0.2, -0.15) is 0 Å². The second kappa shape index (κ2) is 3.18. The van der Waals surface area contributed by atoms with Gasteiger partial charge in [0.05, 0.1) is 6.61 Å². The van der Waals surface area contributed by atoms with Gasteiger partial charge in [-0.3, -0.25) is 0 Å². The molecular weight excluding hydrogens is 114 g/mol. The van der Waals surface area contributed by atoms with Gasteiger partial charge in [-0.25, -0.2) is 0 Å². The summed E-state index contributed by atoms with van der Waals surface area (Å²) in [5, 5.41) is 11.9. The molecule has 0 bridgehead atoms. The molecule has 0 amide bonds. The van der Waals surface area contributed by atoms with E-state index in [9.17, 15) is 0 Å². The minimum atomic E-state index is 0.293. The van der Waals surface area contributed by atoms with Crippen molar-refractivity contribution in [1.82, 2.24) is 5.32 Å². The van der Waals surface area contributed by atoms with E-state index in [0.29, 0.717) is 12.6 Å². The molecule has 0 aromatic heterocycles. The standard InChI is InChI=1S/C7H15NO/c1-8-7(5-9)6-3-2-4-6/h6-9H,2-5H2,1H3. The van der Waals surface area contributed by atoms with E-state index in [0.717, 1.165) is 5.92 Å². The highest BCUT2D eigenvalue weighted by molar-refractivity contribution is 4.80. The van der Waals surface area contributed by atoms with E-state index in [1.54, 1.807) is 0 Å². The van der Waals surface area contributed by atoms with E-state index < -0.39 is 0 Å². The van der Waals surface area contributed by atoms with Crippen LogP contribution in [0.1, 0.15) is 19.3 Å². The van der Waals surface area contributed by atoms with Crippen LogP contribution in [0.25, 0.3) is 0 Å². The predicted molar refractivity (Wildman–Crippen MR) is 37.3 cm³/mol. The van der Waals surface area contributed by atoms with Crippen molar-refractivity contribution < 1.29 is 5.11 Å². The van der Waals surface area contributed by atoms with Crippen LogP contribution in [0, 0.1) is 5.92 Å². The summed E-state index contributed by atoms with van der Waals surface area (Å²) in [5.41, 5.74) is 0. The molecule has 1 aliphatic rings. The summed E-state index contributed by atoms with van der Waals surface area (Å²) in [5.74, 6) is 0.750. The van der Waals surface area contributed by atoms with E-state index in [1.165, 1.54) is 19.3 Å². The van der Waals surface area contributed by atoms with Gasteiger partial charge < -0.3 is 10.4 Å². The molecule has 54 valence electrons. The van der Waals surface area contributed by atoms with Crippen molar-refractivity contribution in [2.75, 3.05) is 13.7 Å². The monoisotopic (exact) mass is 129 g/mol. The van der Waals surface area contributed by atoms with Gasteiger partial charge in [0.25, 0.3) is 0 Å². The molecule has 1 atom stereocenters. The highest BCUT2D eigenvalue weighted by atomic mass is 16.3. The molecule has 1 rings (SSSR count). The van der Waals surface area contributed by atoms with Crippen LogP contribution in [0.3, 0.4) is 0 Å². The van der Waals surface area contributed by atoms with Gasteiger partial charge in [0.1, 0.15) is 0 Å². The van der Waals surface area contributed by atoms with E-state index in [-0.39, 0.29) is 0 Å². The third-order valence-corrected chi connectivity index (χ3v) is 2.29. The summed E-state index contributed by atoms with van der Waals surface area (Å²) < 4.78 is 0. The first-order valence-corrected chi connectivity index (χ1v) is 3.66. The number of hydrogen-bond acceptors (Lipinski definition) is 2. The molecule has 2 nitrogen and oxygen atoms in total. The van der Waals surface area contributed by atoms with Gasteiger partial charge in [-0.15, -0.1) is 0 Å². The second-order valence-electron chi connectivity index (χ2n) is 2.77. The lowest BCUT2D eigenvalue weighted by atomic mass is 9.80. The molecule has 0 aromatic rings. The van der Waals surface area contributed by atoms with Crippen LogP contribution >= 0.6 is 0 Å². The van der Waals surface area contributed by atoms with Crippen LogP contribution in [-0.2, 0) is 0 Å². The van der Waals surface area contributed by atoms with Gasteiger partial charge in [-0.1, -0.05) is 6.42 Å². The van der Waals surface area contributed by atoms with Gasteiger partial charge >= 0.3 is 0 Å². The lowest BCUT2D eigenvalue weighted by Gasteiger charge is -2.32. The second-order valence-corrected chi connectivity index (χ2v) is 2.77. The molecule has 1 aliphatic carbocycles. The third kappa shape index (κ3) is 1.43. The minimum Gasteiger partial charge on any atom is -0.395 e. The molecule has 1 saturated carbocycles. The SMILES string of the molecule is CNC(CO)C1CCC1. The molecule has 0 spiro atoms. The highest BCUT2D eigenvalue weighted by Crippen LogP contribution is 2.28. The zero-order valence-corrected chi connectivity index (χ0v) is 5.93. The van der Waals surface area contributed by atoms with E-state index in [1.807, 2.05) is 7.05 Å². The fraction of sp³-hybridized carbons (Fsp3) is 1.00. The zero-order chi connectivity index (χ0) is 6.69. The van der Waals surface area contributed by atoms with Crippen molar-refractivity contribution in [3.05, 3.63) is 0 Å². The summed E-state index contributed by atoms with van der Waals surface area (Å²) in [6.07, 6.45) is 3.95. The normalized spacial score (nSPS) is 23.3. The summed E-state index contributed by atoms with van der Waals surface area (Å²) in [6, 6.07) is 0.360. The van der Waals surface area contributed by atoms with Crippen molar-refractivity contribution in [2.45, 2.75) is 25.3 Å². The number of aliphatic hydroxyl groups excluding tert-OH is 1. The van der Waals surface area contributed by atoms with E-state index >= 15 is 0 Å². The van der Waals surface area contributed by atoms with Crippen molar-refractivity contribution in [3.8, 4) is 0 Å². The van der Waals surface area contributed by atoms with Crippen LogP contribution in [-0.4, -0.2) is 24.8 Å². The molecule has 0 aromatic carbocycles. The predicted octanol–water partition coefficient (Wildman–Crippen LogP) is 0.367. The van der Waals surface area contributed by atoms with Crippen LogP contribution in [0.2, 0.25) is 0 Å². The summed E-state index contributed by atoms with van der Waals surface area (Å²) in [6.45, 7) is 0.293. The van der Waals surface area contributed by atoms with Crippen LogP contribution in [0.15, 0.2) is 0 Å². The minimum absolute atomic E-state index is 0.293. The number of rotatable bonds is 3. The first-order valence-electron chi connectivity index (χ1n) is 3.66. The summed E-state index contributed by atoms with van der Waals surface area (Å²) in [4.78, 5) is 0. The number of nitrogens with one attached hydrogen (secondary N) is 1. The maximum Gasteiger partial charge on any atom is 0.0587 e. The molecule has 0 saturated heterocycles. The van der Waals surface area contributed by atoms with E-state index in [2.05, 4.69) is 5.32 Å². The number of likely N-dealkylation sites (N-methyl/N-ethyl adjacent to an activating group) is 1. The summed E-state index contributed by atoms with van der Waals surface area (Å²) >= 11 is 0. The number of hydrogen-bond donors (Lipinski definition) is 2. The molecule has 0 radical (unpaired) electrons. The van der Waals surface area contributed by atoms with Crippen LogP contribution in [0.4, 0.5) is 0 Å². The summed E-state index contributed by atoms with van der Waals surface area (Å²) in [7, 11) is 1.92. The molecule has 2 heteroatoms. The van der Waals surface area contributed by atoms with Gasteiger partial charge in [0, 0.05) is 6.04 Å².